The van der Waals surface area contributed by atoms with Crippen molar-refractivity contribution in [3.05, 3.63) is 51.7 Å². The van der Waals surface area contributed by atoms with E-state index >= 15 is 0 Å². The first-order valence-corrected chi connectivity index (χ1v) is 7.17. The number of benzene rings is 1. The highest BCUT2D eigenvalue weighted by Crippen LogP contribution is 2.32. The molecule has 2 aromatic rings. The molecule has 0 fully saturated rings. The Balaban J connectivity index is 2.18. The van der Waals surface area contributed by atoms with Crippen LogP contribution in [0.5, 0.6) is 0 Å². The molecule has 0 radical (unpaired) electrons. The number of furan rings is 1. The van der Waals surface area contributed by atoms with Gasteiger partial charge in [-0.2, -0.15) is 0 Å². The Hall–Kier alpha value is -1.52. The standard InChI is InChI=1S/C15H12BrClO3/c1-2-19-15(18)8-5-11-4-7-14(20-11)12-6-3-10(17)9-13(12)16/h3-9H,2H2,1H3/b8-5+. The first-order chi connectivity index (χ1) is 9.60. The third-order valence-electron chi connectivity index (χ3n) is 2.49. The Morgan fingerprint density at radius 1 is 1.40 bits per heavy atom. The van der Waals surface area contributed by atoms with Crippen molar-refractivity contribution < 1.29 is 13.9 Å². The monoisotopic (exact) mass is 354 g/mol. The lowest BCUT2D eigenvalue weighted by Gasteiger charge is -2.01. The normalized spacial score (nSPS) is 10.9. The van der Waals surface area contributed by atoms with E-state index in [0.717, 1.165) is 10.0 Å². The zero-order valence-corrected chi connectivity index (χ0v) is 13.1. The molecular weight excluding hydrogens is 344 g/mol. The van der Waals surface area contributed by atoms with Gasteiger partial charge in [0, 0.05) is 21.1 Å². The molecule has 0 atom stereocenters. The summed E-state index contributed by atoms with van der Waals surface area (Å²) in [6, 6.07) is 9.07. The molecule has 0 amide bonds. The number of carbonyl (C=O) groups excluding carboxylic acids is 1. The Morgan fingerprint density at radius 2 is 2.20 bits per heavy atom. The van der Waals surface area contributed by atoms with E-state index in [9.17, 15) is 4.79 Å². The number of ether oxygens (including phenoxy) is 1. The van der Waals surface area contributed by atoms with Crippen LogP contribution in [0.1, 0.15) is 12.7 Å². The Kier molecular flexibility index (Phi) is 5.04. The van der Waals surface area contributed by atoms with Crippen LogP contribution in [-0.2, 0) is 9.53 Å². The van der Waals surface area contributed by atoms with Crippen LogP contribution in [0, 0.1) is 0 Å². The lowest BCUT2D eigenvalue weighted by Crippen LogP contribution is -1.98. The van der Waals surface area contributed by atoms with Gasteiger partial charge >= 0.3 is 5.97 Å². The lowest BCUT2D eigenvalue weighted by molar-refractivity contribution is -0.137. The lowest BCUT2D eigenvalue weighted by atomic mass is 10.2. The molecule has 5 heteroatoms. The molecule has 1 aromatic heterocycles. The van der Waals surface area contributed by atoms with Crippen LogP contribution in [0.2, 0.25) is 5.02 Å². The van der Waals surface area contributed by atoms with Gasteiger partial charge in [0.15, 0.2) is 0 Å². The van der Waals surface area contributed by atoms with Gasteiger partial charge in [-0.05, 0) is 59.3 Å². The smallest absolute Gasteiger partial charge is 0.330 e. The van der Waals surface area contributed by atoms with Gasteiger partial charge in [0.25, 0.3) is 0 Å². The zero-order valence-electron chi connectivity index (χ0n) is 10.7. The maximum Gasteiger partial charge on any atom is 0.330 e. The van der Waals surface area contributed by atoms with Crippen LogP contribution in [-0.4, -0.2) is 12.6 Å². The molecule has 1 heterocycles. The van der Waals surface area contributed by atoms with Crippen LogP contribution < -0.4 is 0 Å². The fourth-order valence-electron chi connectivity index (χ4n) is 1.62. The van der Waals surface area contributed by atoms with E-state index in [-0.39, 0.29) is 0 Å². The largest absolute Gasteiger partial charge is 0.463 e. The molecule has 0 saturated carbocycles. The van der Waals surface area contributed by atoms with Crippen LogP contribution in [0.3, 0.4) is 0 Å². The minimum Gasteiger partial charge on any atom is -0.463 e. The quantitative estimate of drug-likeness (QED) is 0.576. The van der Waals surface area contributed by atoms with Gasteiger partial charge in [0.1, 0.15) is 11.5 Å². The summed E-state index contributed by atoms with van der Waals surface area (Å²) in [5.74, 6) is 0.880. The van der Waals surface area contributed by atoms with Crippen LogP contribution >= 0.6 is 27.5 Å². The van der Waals surface area contributed by atoms with Crippen molar-refractivity contribution in [3.8, 4) is 11.3 Å². The van der Waals surface area contributed by atoms with Crippen LogP contribution in [0.4, 0.5) is 0 Å². The Bertz CT molecular complexity index is 646. The summed E-state index contributed by atoms with van der Waals surface area (Å²) in [6.07, 6.45) is 2.91. The van der Waals surface area contributed by atoms with E-state index in [4.69, 9.17) is 20.8 Å². The summed E-state index contributed by atoms with van der Waals surface area (Å²) < 4.78 is 11.3. The minimum absolute atomic E-state index is 0.351. The van der Waals surface area contributed by atoms with E-state index in [1.807, 2.05) is 12.1 Å². The molecule has 0 unspecified atom stereocenters. The fourth-order valence-corrected chi connectivity index (χ4v) is 2.50. The van der Waals surface area contributed by atoms with Gasteiger partial charge < -0.3 is 9.15 Å². The van der Waals surface area contributed by atoms with Crippen molar-refractivity contribution in [2.45, 2.75) is 6.92 Å². The predicted molar refractivity (Wildman–Crippen MR) is 82.5 cm³/mol. The number of carbonyl (C=O) groups is 1. The molecule has 0 spiro atoms. The number of rotatable bonds is 4. The van der Waals surface area contributed by atoms with E-state index in [1.54, 1.807) is 31.2 Å². The van der Waals surface area contributed by atoms with Crippen molar-refractivity contribution in [2.75, 3.05) is 6.61 Å². The predicted octanol–water partition coefficient (Wildman–Crippen LogP) is 4.94. The van der Waals surface area contributed by atoms with E-state index in [2.05, 4.69) is 15.9 Å². The number of esters is 1. The molecule has 0 saturated heterocycles. The van der Waals surface area contributed by atoms with E-state index < -0.39 is 5.97 Å². The Morgan fingerprint density at radius 3 is 2.90 bits per heavy atom. The van der Waals surface area contributed by atoms with Gasteiger partial charge in [0.2, 0.25) is 0 Å². The van der Waals surface area contributed by atoms with Crippen molar-refractivity contribution in [3.63, 3.8) is 0 Å². The van der Waals surface area contributed by atoms with E-state index in [1.165, 1.54) is 6.08 Å². The molecule has 0 bridgehead atoms. The summed E-state index contributed by atoms with van der Waals surface area (Å²) in [5.41, 5.74) is 0.894. The molecule has 20 heavy (non-hydrogen) atoms. The van der Waals surface area contributed by atoms with Gasteiger partial charge in [-0.25, -0.2) is 4.79 Å². The maximum absolute atomic E-state index is 11.2. The fraction of sp³-hybridized carbons (Fsp3) is 0.133. The first kappa shape index (κ1) is 14.9. The summed E-state index contributed by atoms with van der Waals surface area (Å²) in [6.45, 7) is 2.11. The van der Waals surface area contributed by atoms with Gasteiger partial charge in [0.05, 0.1) is 6.61 Å². The van der Waals surface area contributed by atoms with Crippen LogP contribution in [0.15, 0.2) is 45.3 Å². The topological polar surface area (TPSA) is 39.4 Å². The second-order valence-corrected chi connectivity index (χ2v) is 5.20. The van der Waals surface area contributed by atoms with Crippen molar-refractivity contribution in [1.29, 1.82) is 0 Å². The molecular formula is C15H12BrClO3. The van der Waals surface area contributed by atoms with Crippen LogP contribution in [0.25, 0.3) is 17.4 Å². The molecule has 1 aromatic carbocycles. The second kappa shape index (κ2) is 6.77. The number of hydrogen-bond acceptors (Lipinski definition) is 3. The van der Waals surface area contributed by atoms with Gasteiger partial charge in [-0.3, -0.25) is 0 Å². The SMILES string of the molecule is CCOC(=O)/C=C/c1ccc(-c2ccc(Cl)cc2Br)o1. The summed E-state index contributed by atoms with van der Waals surface area (Å²) >= 11 is 9.34. The molecule has 0 aliphatic heterocycles. The molecule has 2 rings (SSSR count). The van der Waals surface area contributed by atoms with Crippen molar-refractivity contribution >= 4 is 39.6 Å². The molecule has 0 N–H and O–H groups in total. The average Bonchev–Trinajstić information content (AvgIpc) is 2.85. The summed E-state index contributed by atoms with van der Waals surface area (Å²) in [7, 11) is 0. The van der Waals surface area contributed by atoms with E-state index in [0.29, 0.717) is 23.2 Å². The third-order valence-corrected chi connectivity index (χ3v) is 3.38. The van der Waals surface area contributed by atoms with Crippen molar-refractivity contribution in [2.24, 2.45) is 0 Å². The highest BCUT2D eigenvalue weighted by atomic mass is 79.9. The van der Waals surface area contributed by atoms with Crippen molar-refractivity contribution in [1.82, 2.24) is 0 Å². The molecule has 104 valence electrons. The second-order valence-electron chi connectivity index (χ2n) is 3.91. The number of hydrogen-bond donors (Lipinski definition) is 0. The summed E-state index contributed by atoms with van der Waals surface area (Å²) in [5, 5.41) is 0.648. The molecule has 0 aliphatic rings. The third kappa shape index (κ3) is 3.74. The highest BCUT2D eigenvalue weighted by molar-refractivity contribution is 9.10. The first-order valence-electron chi connectivity index (χ1n) is 6.00. The highest BCUT2D eigenvalue weighted by Gasteiger charge is 2.08. The maximum atomic E-state index is 11.2. The molecule has 3 nitrogen and oxygen atoms in total. The molecule has 0 aliphatic carbocycles. The van der Waals surface area contributed by atoms with Gasteiger partial charge in [-0.15, -0.1) is 0 Å². The van der Waals surface area contributed by atoms with Gasteiger partial charge in [-0.1, -0.05) is 11.6 Å². The minimum atomic E-state index is -0.391. The summed E-state index contributed by atoms with van der Waals surface area (Å²) in [4.78, 5) is 11.2. The number of halogens is 2. The average molecular weight is 356 g/mol. The zero-order chi connectivity index (χ0) is 14.5. The Labute approximate surface area is 130 Å².